The first-order valence-corrected chi connectivity index (χ1v) is 13.2. The molecule has 1 aliphatic rings. The smallest absolute Gasteiger partial charge is 0.347 e. The van der Waals surface area contributed by atoms with Crippen molar-refractivity contribution in [3.8, 4) is 11.1 Å². The lowest BCUT2D eigenvalue weighted by Gasteiger charge is -2.20. The van der Waals surface area contributed by atoms with Crippen molar-refractivity contribution < 1.29 is 34.8 Å². The number of nitrogens with zero attached hydrogens (tertiary/aromatic N) is 2. The Bertz CT molecular complexity index is 1440. The fourth-order valence-corrected chi connectivity index (χ4v) is 6.00. The molecule has 1 aromatic carbocycles. The van der Waals surface area contributed by atoms with Crippen molar-refractivity contribution in [3.05, 3.63) is 53.2 Å². The molecular formula is C25H27F6N3O2S. The first kappa shape index (κ1) is 27.4. The van der Waals surface area contributed by atoms with Gasteiger partial charge in [0.15, 0.2) is 0 Å². The lowest BCUT2D eigenvalue weighted by molar-refractivity contribution is -0.137. The summed E-state index contributed by atoms with van der Waals surface area (Å²) < 4.78 is 114. The molecule has 0 amide bonds. The highest BCUT2D eigenvalue weighted by atomic mass is 32.2. The maximum atomic E-state index is 15.5. The number of hydrogen-bond acceptors (Lipinski definition) is 3. The van der Waals surface area contributed by atoms with Gasteiger partial charge in [0.2, 0.25) is 10.0 Å². The molecule has 0 saturated heterocycles. The van der Waals surface area contributed by atoms with Crippen LogP contribution in [0, 0.1) is 18.2 Å². The van der Waals surface area contributed by atoms with Crippen LogP contribution in [0.3, 0.4) is 0 Å². The van der Waals surface area contributed by atoms with Crippen LogP contribution in [0.1, 0.15) is 56.5 Å². The highest BCUT2D eigenvalue weighted by Crippen LogP contribution is 2.42. The minimum absolute atomic E-state index is 0.00982. The van der Waals surface area contributed by atoms with Crippen molar-refractivity contribution >= 4 is 20.9 Å². The van der Waals surface area contributed by atoms with E-state index in [1.807, 2.05) is 20.8 Å². The van der Waals surface area contributed by atoms with Gasteiger partial charge in [-0.25, -0.2) is 26.3 Å². The Morgan fingerprint density at radius 3 is 2.35 bits per heavy atom. The van der Waals surface area contributed by atoms with Gasteiger partial charge in [-0.15, -0.1) is 0 Å². The fraction of sp³-hybridized carbons (Fsp3) is 0.480. The van der Waals surface area contributed by atoms with Crippen LogP contribution in [-0.2, 0) is 22.7 Å². The van der Waals surface area contributed by atoms with Crippen LogP contribution >= 0.6 is 0 Å². The molecular weight excluding hydrogens is 520 g/mol. The van der Waals surface area contributed by atoms with E-state index < -0.39 is 56.3 Å². The number of alkyl halides is 5. The van der Waals surface area contributed by atoms with E-state index in [0.717, 1.165) is 18.3 Å². The molecule has 0 aliphatic heterocycles. The Morgan fingerprint density at radius 2 is 1.81 bits per heavy atom. The van der Waals surface area contributed by atoms with Gasteiger partial charge in [0.25, 0.3) is 6.43 Å². The van der Waals surface area contributed by atoms with Crippen LogP contribution in [0.5, 0.6) is 0 Å². The van der Waals surface area contributed by atoms with Crippen LogP contribution in [0.4, 0.5) is 26.3 Å². The predicted octanol–water partition coefficient (Wildman–Crippen LogP) is 6.60. The normalized spacial score (nSPS) is 16.1. The lowest BCUT2D eigenvalue weighted by Crippen LogP contribution is -2.35. The summed E-state index contributed by atoms with van der Waals surface area (Å²) in [4.78, 5) is 3.90. The van der Waals surface area contributed by atoms with Crippen molar-refractivity contribution in [2.45, 2.75) is 71.0 Å². The second kappa shape index (κ2) is 9.30. The fourth-order valence-electron chi connectivity index (χ4n) is 4.46. The van der Waals surface area contributed by atoms with Crippen molar-refractivity contribution in [1.29, 1.82) is 0 Å². The number of benzene rings is 1. The third-order valence-corrected chi connectivity index (χ3v) is 8.13. The monoisotopic (exact) mass is 547 g/mol. The summed E-state index contributed by atoms with van der Waals surface area (Å²) in [5, 5.41) is -0.765. The predicted molar refractivity (Wildman–Crippen MR) is 128 cm³/mol. The van der Waals surface area contributed by atoms with E-state index >= 15 is 4.39 Å². The van der Waals surface area contributed by atoms with E-state index in [2.05, 4.69) is 9.71 Å². The minimum Gasteiger partial charge on any atom is -0.347 e. The molecule has 0 unspecified atom stereocenters. The topological polar surface area (TPSA) is 64.0 Å². The van der Waals surface area contributed by atoms with Crippen LogP contribution in [-0.4, -0.2) is 29.6 Å². The van der Waals surface area contributed by atoms with Crippen molar-refractivity contribution in [3.63, 3.8) is 0 Å². The SMILES string of the molecule is Cc1nccc(C(F)(F)F)c1-c1cc2c(cc1F)c([C@H](NS(=O)(=O)C1CC1)C(F)F)cn2CC(C)(C)C. The Hall–Kier alpha value is -2.60. The van der Waals surface area contributed by atoms with Crippen LogP contribution in [0.25, 0.3) is 22.0 Å². The summed E-state index contributed by atoms with van der Waals surface area (Å²) in [5.41, 5.74) is -2.29. The number of sulfonamides is 1. The average Bonchev–Trinajstić information content (AvgIpc) is 3.56. The van der Waals surface area contributed by atoms with Gasteiger partial charge in [-0.1, -0.05) is 20.8 Å². The second-order valence-corrected chi connectivity index (χ2v) is 12.6. The zero-order valence-electron chi connectivity index (χ0n) is 20.6. The Kier molecular flexibility index (Phi) is 6.90. The third kappa shape index (κ3) is 5.64. The van der Waals surface area contributed by atoms with Gasteiger partial charge in [0, 0.05) is 52.2 Å². The van der Waals surface area contributed by atoms with Gasteiger partial charge < -0.3 is 4.57 Å². The summed E-state index contributed by atoms with van der Waals surface area (Å²) in [6, 6.07) is 0.889. The van der Waals surface area contributed by atoms with Crippen molar-refractivity contribution in [2.24, 2.45) is 5.41 Å². The van der Waals surface area contributed by atoms with Crippen LogP contribution in [0.2, 0.25) is 0 Å². The molecule has 202 valence electrons. The number of nitrogens with one attached hydrogen (secondary N) is 1. The zero-order chi connectivity index (χ0) is 27.5. The molecule has 1 saturated carbocycles. The number of rotatable bonds is 7. The Morgan fingerprint density at radius 1 is 1.16 bits per heavy atom. The molecule has 1 N–H and O–H groups in total. The summed E-state index contributed by atoms with van der Waals surface area (Å²) in [5.74, 6) is -1.07. The number of halogens is 6. The van der Waals surface area contributed by atoms with E-state index in [1.165, 1.54) is 19.2 Å². The highest BCUT2D eigenvalue weighted by molar-refractivity contribution is 7.90. The van der Waals surface area contributed by atoms with E-state index in [0.29, 0.717) is 12.8 Å². The van der Waals surface area contributed by atoms with Crippen LogP contribution < -0.4 is 4.72 Å². The molecule has 1 atom stereocenters. The molecule has 0 spiro atoms. The van der Waals surface area contributed by atoms with Gasteiger partial charge in [0.1, 0.15) is 11.9 Å². The first-order chi connectivity index (χ1) is 17.0. The third-order valence-electron chi connectivity index (χ3n) is 6.20. The highest BCUT2D eigenvalue weighted by Gasteiger charge is 2.40. The molecule has 5 nitrogen and oxygen atoms in total. The number of aryl methyl sites for hydroxylation is 1. The lowest BCUT2D eigenvalue weighted by atomic mass is 9.95. The molecule has 1 fully saturated rings. The quantitative estimate of drug-likeness (QED) is 0.339. The van der Waals surface area contributed by atoms with Gasteiger partial charge >= 0.3 is 6.18 Å². The molecule has 3 aromatic rings. The zero-order valence-corrected chi connectivity index (χ0v) is 21.4. The summed E-state index contributed by atoms with van der Waals surface area (Å²) in [6.45, 7) is 7.19. The standard InChI is InChI=1S/C25H27F6N3O2S/c1-13-21(18(7-8-32-13)25(29,30)31)16-10-20-15(9-19(16)26)17(11-34(20)12-24(2,3)4)22(23(27)28)33-37(35,36)14-5-6-14/h7-11,14,22-23,33H,5-6,12H2,1-4H3/t22-/m0/s1. The summed E-state index contributed by atoms with van der Waals surface area (Å²) >= 11 is 0. The first-order valence-electron chi connectivity index (χ1n) is 11.6. The molecule has 0 bridgehead atoms. The maximum Gasteiger partial charge on any atom is 0.417 e. The largest absolute Gasteiger partial charge is 0.417 e. The second-order valence-electron chi connectivity index (χ2n) is 10.6. The van der Waals surface area contributed by atoms with Gasteiger partial charge in [-0.3, -0.25) is 4.98 Å². The van der Waals surface area contributed by atoms with Crippen molar-refractivity contribution in [1.82, 2.24) is 14.3 Å². The maximum absolute atomic E-state index is 15.5. The molecule has 4 rings (SSSR count). The van der Waals surface area contributed by atoms with E-state index in [9.17, 15) is 30.4 Å². The van der Waals surface area contributed by atoms with E-state index in [1.54, 1.807) is 4.57 Å². The Balaban J connectivity index is 1.97. The van der Waals surface area contributed by atoms with Gasteiger partial charge in [-0.2, -0.15) is 13.2 Å². The van der Waals surface area contributed by atoms with E-state index in [4.69, 9.17) is 0 Å². The number of hydrogen-bond donors (Lipinski definition) is 1. The van der Waals surface area contributed by atoms with Gasteiger partial charge in [-0.05, 0) is 43.4 Å². The minimum atomic E-state index is -4.79. The number of fused-ring (bicyclic) bond motifs is 1. The molecule has 1 aliphatic carbocycles. The summed E-state index contributed by atoms with van der Waals surface area (Å²) in [6.07, 6.45) is -4.90. The average molecular weight is 548 g/mol. The molecule has 37 heavy (non-hydrogen) atoms. The Labute approximate surface area is 210 Å². The van der Waals surface area contributed by atoms with Crippen molar-refractivity contribution in [2.75, 3.05) is 0 Å². The number of aromatic nitrogens is 2. The molecule has 0 radical (unpaired) electrons. The summed E-state index contributed by atoms with van der Waals surface area (Å²) in [7, 11) is -4.03. The molecule has 2 aromatic heterocycles. The van der Waals surface area contributed by atoms with Gasteiger partial charge in [0.05, 0.1) is 10.8 Å². The van der Waals surface area contributed by atoms with Crippen LogP contribution in [0.15, 0.2) is 30.6 Å². The molecule has 12 heteroatoms. The van der Waals surface area contributed by atoms with E-state index in [-0.39, 0.29) is 34.3 Å². The molecule has 2 heterocycles. The number of pyridine rings is 1.